The zero-order valence-corrected chi connectivity index (χ0v) is 17.9. The fourth-order valence-corrected chi connectivity index (χ4v) is 3.54. The van der Waals surface area contributed by atoms with Crippen LogP contribution < -0.4 is 10.4 Å². The maximum atomic E-state index is 12.4. The van der Waals surface area contributed by atoms with Crippen molar-refractivity contribution in [3.05, 3.63) is 73.7 Å². The molecule has 0 unspecified atom stereocenters. The largest absolute Gasteiger partial charge is 0.482 e. The Labute approximate surface area is 183 Å². The molecule has 0 N–H and O–H groups in total. The van der Waals surface area contributed by atoms with Crippen LogP contribution in [0.3, 0.4) is 0 Å². The van der Waals surface area contributed by atoms with Crippen LogP contribution in [-0.4, -0.2) is 37.5 Å². The summed E-state index contributed by atoms with van der Waals surface area (Å²) in [5.41, 5.74) is 2.84. The van der Waals surface area contributed by atoms with Gasteiger partial charge in [0.1, 0.15) is 13.7 Å². The average molecular weight is 438 g/mol. The smallest absolute Gasteiger partial charge is 0.368 e. The van der Waals surface area contributed by atoms with E-state index in [4.69, 9.17) is 9.57 Å². The molecule has 1 saturated carbocycles. The van der Waals surface area contributed by atoms with Crippen LogP contribution in [0.1, 0.15) is 42.4 Å². The highest BCUT2D eigenvalue weighted by Crippen LogP contribution is 2.43. The van der Waals surface area contributed by atoms with Crippen LogP contribution in [0.2, 0.25) is 0 Å². The van der Waals surface area contributed by atoms with Gasteiger partial charge in [0.2, 0.25) is 0 Å². The zero-order valence-electron chi connectivity index (χ0n) is 17.9. The van der Waals surface area contributed by atoms with Gasteiger partial charge in [0.15, 0.2) is 5.75 Å². The van der Waals surface area contributed by atoms with Gasteiger partial charge in [0, 0.05) is 24.2 Å². The number of hydrogen-bond acceptors (Lipinski definition) is 8. The molecule has 0 amide bonds. The lowest BCUT2D eigenvalue weighted by atomic mass is 10.0. The number of aromatic nitrogens is 4. The maximum Gasteiger partial charge on any atom is 0.368 e. The lowest BCUT2D eigenvalue weighted by molar-refractivity contribution is -0.386. The first-order valence-electron chi connectivity index (χ1n) is 10.0. The second-order valence-electron chi connectivity index (χ2n) is 7.50. The topological polar surface area (TPSA) is 127 Å². The minimum Gasteiger partial charge on any atom is -0.482 e. The van der Waals surface area contributed by atoms with Gasteiger partial charge in [0.05, 0.1) is 16.3 Å². The van der Waals surface area contributed by atoms with Crippen LogP contribution in [0.25, 0.3) is 5.69 Å². The predicted octanol–water partition coefficient (Wildman–Crippen LogP) is 2.70. The molecule has 0 bridgehead atoms. The molecular formula is C21H22N6O5. The van der Waals surface area contributed by atoms with Gasteiger partial charge < -0.3 is 9.57 Å². The summed E-state index contributed by atoms with van der Waals surface area (Å²) < 4.78 is 8.28. The first-order valence-corrected chi connectivity index (χ1v) is 10.0. The number of tetrazole rings is 1. The number of nitrogens with zero attached hydrogens (tertiary/aromatic N) is 6. The highest BCUT2D eigenvalue weighted by atomic mass is 16.6. The van der Waals surface area contributed by atoms with Gasteiger partial charge in [-0.15, -0.1) is 0 Å². The van der Waals surface area contributed by atoms with Crippen molar-refractivity contribution in [2.45, 2.75) is 32.3 Å². The Morgan fingerprint density at radius 1 is 1.28 bits per heavy atom. The Bertz CT molecular complexity index is 1260. The van der Waals surface area contributed by atoms with Crippen molar-refractivity contribution in [3.63, 3.8) is 0 Å². The molecule has 11 heteroatoms. The number of ether oxygens (including phenoxy) is 1. The highest BCUT2D eigenvalue weighted by molar-refractivity contribution is 5.99. The molecule has 0 radical (unpaired) electrons. The van der Waals surface area contributed by atoms with Gasteiger partial charge in [-0.25, -0.2) is 4.79 Å². The quantitative estimate of drug-likeness (QED) is 0.301. The minimum atomic E-state index is -0.500. The van der Waals surface area contributed by atoms with Gasteiger partial charge in [0.25, 0.3) is 0 Å². The molecule has 0 atom stereocenters. The van der Waals surface area contributed by atoms with E-state index in [0.29, 0.717) is 22.9 Å². The van der Waals surface area contributed by atoms with E-state index in [9.17, 15) is 14.9 Å². The van der Waals surface area contributed by atoms with Crippen molar-refractivity contribution in [1.82, 2.24) is 19.8 Å². The van der Waals surface area contributed by atoms with E-state index in [2.05, 4.69) is 15.6 Å². The van der Waals surface area contributed by atoms with Crippen LogP contribution in [0, 0.1) is 10.1 Å². The Balaban J connectivity index is 1.71. The summed E-state index contributed by atoms with van der Waals surface area (Å²) in [5, 5.41) is 23.2. The van der Waals surface area contributed by atoms with Gasteiger partial charge in [-0.2, -0.15) is 9.36 Å². The molecule has 11 nitrogen and oxygen atoms in total. The van der Waals surface area contributed by atoms with Crippen molar-refractivity contribution in [2.75, 3.05) is 7.11 Å². The second kappa shape index (κ2) is 8.61. The van der Waals surface area contributed by atoms with Crippen LogP contribution in [-0.2, 0) is 18.5 Å². The molecule has 1 fully saturated rings. The van der Waals surface area contributed by atoms with Crippen molar-refractivity contribution < 1.29 is 14.5 Å². The molecule has 2 aromatic carbocycles. The number of oxime groups is 1. The van der Waals surface area contributed by atoms with Crippen molar-refractivity contribution in [1.29, 1.82) is 0 Å². The minimum absolute atomic E-state index is 0.0380. The van der Waals surface area contributed by atoms with E-state index in [1.807, 2.05) is 12.1 Å². The third-order valence-corrected chi connectivity index (χ3v) is 5.33. The SMILES string of the molecule is CON=C(C)c1ccc(OCc2c(C3CC3)cccc2-n2nnn(C)c2=O)c([N+](=O)[O-])c1. The van der Waals surface area contributed by atoms with E-state index < -0.39 is 4.92 Å². The Kier molecular flexibility index (Phi) is 5.71. The van der Waals surface area contributed by atoms with Gasteiger partial charge in [-0.1, -0.05) is 17.3 Å². The summed E-state index contributed by atoms with van der Waals surface area (Å²) in [6, 6.07) is 10.2. The van der Waals surface area contributed by atoms with Gasteiger partial charge >= 0.3 is 11.4 Å². The number of nitro benzene ring substituents is 1. The normalized spacial score (nSPS) is 13.8. The molecule has 0 spiro atoms. The van der Waals surface area contributed by atoms with E-state index >= 15 is 0 Å². The standard InChI is InChI=1S/C21H22N6O5/c1-13(22-31-3)15-9-10-20(19(11-15)27(29)30)32-12-17-16(14-7-8-14)5-4-6-18(17)26-21(28)25(2)23-24-26/h4-6,9-11,14H,7-8,12H2,1-3H3. The van der Waals surface area contributed by atoms with E-state index in [1.54, 1.807) is 19.1 Å². The highest BCUT2D eigenvalue weighted by Gasteiger charge is 2.29. The van der Waals surface area contributed by atoms with Crippen molar-refractivity contribution in [3.8, 4) is 11.4 Å². The zero-order chi connectivity index (χ0) is 22.8. The first-order chi connectivity index (χ1) is 15.4. The molecule has 32 heavy (non-hydrogen) atoms. The number of rotatable bonds is 8. The molecule has 0 aliphatic heterocycles. The molecule has 0 saturated heterocycles. The molecule has 1 aliphatic carbocycles. The lowest BCUT2D eigenvalue weighted by Gasteiger charge is -2.15. The third kappa shape index (κ3) is 4.09. The molecule has 3 aromatic rings. The van der Waals surface area contributed by atoms with Crippen LogP contribution >= 0.6 is 0 Å². The lowest BCUT2D eigenvalue weighted by Crippen LogP contribution is -2.23. The monoisotopic (exact) mass is 438 g/mol. The summed E-state index contributed by atoms with van der Waals surface area (Å²) >= 11 is 0. The summed E-state index contributed by atoms with van der Waals surface area (Å²) in [7, 11) is 2.93. The fraction of sp³-hybridized carbons (Fsp3) is 0.333. The molecule has 4 rings (SSSR count). The molecule has 1 aliphatic rings. The van der Waals surface area contributed by atoms with E-state index in [-0.39, 0.29) is 23.7 Å². The number of hydrogen-bond donors (Lipinski definition) is 0. The molecule has 1 heterocycles. The second-order valence-corrected chi connectivity index (χ2v) is 7.50. The summed E-state index contributed by atoms with van der Waals surface area (Å²) in [4.78, 5) is 28.4. The summed E-state index contributed by atoms with van der Waals surface area (Å²) in [5.74, 6) is 0.484. The number of aryl methyl sites for hydroxylation is 1. The predicted molar refractivity (Wildman–Crippen MR) is 115 cm³/mol. The Morgan fingerprint density at radius 3 is 2.69 bits per heavy atom. The van der Waals surface area contributed by atoms with E-state index in [0.717, 1.165) is 28.7 Å². The average Bonchev–Trinajstić information content (AvgIpc) is 3.57. The van der Waals surface area contributed by atoms with Crippen LogP contribution in [0.4, 0.5) is 5.69 Å². The maximum absolute atomic E-state index is 12.4. The van der Waals surface area contributed by atoms with Crippen molar-refractivity contribution in [2.24, 2.45) is 12.2 Å². The first kappa shape index (κ1) is 21.2. The Morgan fingerprint density at radius 2 is 2.06 bits per heavy atom. The molecule has 166 valence electrons. The van der Waals surface area contributed by atoms with Gasteiger partial charge in [-0.3, -0.25) is 10.1 Å². The molecular weight excluding hydrogens is 416 g/mol. The van der Waals surface area contributed by atoms with Crippen LogP contribution in [0.15, 0.2) is 46.3 Å². The van der Waals surface area contributed by atoms with Crippen LogP contribution in [0.5, 0.6) is 5.75 Å². The third-order valence-electron chi connectivity index (χ3n) is 5.33. The summed E-state index contributed by atoms with van der Waals surface area (Å²) in [6.07, 6.45) is 2.08. The van der Waals surface area contributed by atoms with Gasteiger partial charge in [-0.05, 0) is 59.9 Å². The number of nitro groups is 1. The van der Waals surface area contributed by atoms with Crippen molar-refractivity contribution >= 4 is 11.4 Å². The Hall–Kier alpha value is -4.02. The fourth-order valence-electron chi connectivity index (χ4n) is 3.54. The summed E-state index contributed by atoms with van der Waals surface area (Å²) in [6.45, 7) is 1.73. The molecule has 1 aromatic heterocycles. The number of benzene rings is 2. The van der Waals surface area contributed by atoms with E-state index in [1.165, 1.54) is 31.0 Å².